The van der Waals surface area contributed by atoms with E-state index in [4.69, 9.17) is 0 Å². The van der Waals surface area contributed by atoms with Crippen molar-refractivity contribution in [3.05, 3.63) is 64.2 Å². The Kier molecular flexibility index (Phi) is 3.45. The first-order valence-corrected chi connectivity index (χ1v) is 9.62. The van der Waals surface area contributed by atoms with Crippen molar-refractivity contribution in [1.29, 1.82) is 0 Å². The Hall–Kier alpha value is -2.15. The van der Waals surface area contributed by atoms with Gasteiger partial charge >= 0.3 is 0 Å². The zero-order valence-electron chi connectivity index (χ0n) is 17.4. The van der Waals surface area contributed by atoms with Gasteiger partial charge in [-0.15, -0.1) is 0 Å². The highest BCUT2D eigenvalue weighted by Gasteiger charge is 2.48. The predicted octanol–water partition coefficient (Wildman–Crippen LogP) is 5.83. The first kappa shape index (κ1) is 17.3. The van der Waals surface area contributed by atoms with Gasteiger partial charge in [0, 0.05) is 17.7 Å². The molecule has 26 heavy (non-hydrogen) atoms. The monoisotopic (exact) mass is 344 g/mol. The van der Waals surface area contributed by atoms with Gasteiger partial charge in [0.25, 0.3) is 0 Å². The van der Waals surface area contributed by atoms with Gasteiger partial charge in [0.05, 0.1) is 5.39 Å². The van der Waals surface area contributed by atoms with Crippen molar-refractivity contribution >= 4 is 10.9 Å². The minimum atomic E-state index is 0.102. The highest BCUT2D eigenvalue weighted by molar-refractivity contribution is 5.91. The Morgan fingerprint density at radius 1 is 0.808 bits per heavy atom. The molecule has 1 aromatic heterocycles. The Bertz CT molecular complexity index is 1070. The van der Waals surface area contributed by atoms with Gasteiger partial charge in [-0.25, -0.2) is 0 Å². The van der Waals surface area contributed by atoms with Gasteiger partial charge in [0.1, 0.15) is 7.05 Å². The molecule has 2 aromatic carbocycles. The molecule has 1 nitrogen and oxygen atoms in total. The summed E-state index contributed by atoms with van der Waals surface area (Å²) in [7, 11) is 2.22. The molecule has 134 valence electrons. The fraction of sp³-hybridized carbons (Fsp3) is 0.400. The summed E-state index contributed by atoms with van der Waals surface area (Å²) in [5, 5.41) is 1.45. The molecule has 4 rings (SSSR count). The molecule has 0 bridgehead atoms. The second kappa shape index (κ2) is 5.19. The summed E-state index contributed by atoms with van der Waals surface area (Å²) in [5.74, 6) is 0. The third-order valence-corrected chi connectivity index (χ3v) is 7.31. The van der Waals surface area contributed by atoms with Gasteiger partial charge in [0.2, 0.25) is 11.2 Å². The highest BCUT2D eigenvalue weighted by Crippen LogP contribution is 2.54. The van der Waals surface area contributed by atoms with Crippen LogP contribution in [0.15, 0.2) is 36.4 Å². The van der Waals surface area contributed by atoms with Crippen LogP contribution in [-0.2, 0) is 17.9 Å². The summed E-state index contributed by atoms with van der Waals surface area (Å²) in [4.78, 5) is 0. The maximum atomic E-state index is 2.46. The molecular weight excluding hydrogens is 314 g/mol. The van der Waals surface area contributed by atoms with Gasteiger partial charge in [-0.2, -0.15) is 4.57 Å². The largest absolute Gasteiger partial charge is 0.213 e. The molecule has 1 aliphatic carbocycles. The van der Waals surface area contributed by atoms with Gasteiger partial charge < -0.3 is 0 Å². The lowest BCUT2D eigenvalue weighted by Gasteiger charge is -2.36. The van der Waals surface area contributed by atoms with Crippen LogP contribution in [0.1, 0.15) is 55.5 Å². The second-order valence-electron chi connectivity index (χ2n) is 9.21. The number of hydrogen-bond donors (Lipinski definition) is 0. The number of aromatic nitrogens is 1. The number of pyridine rings is 1. The van der Waals surface area contributed by atoms with Gasteiger partial charge in [0.15, 0.2) is 0 Å². The molecule has 0 aliphatic heterocycles. The summed E-state index contributed by atoms with van der Waals surface area (Å²) < 4.78 is 2.39. The first-order valence-electron chi connectivity index (χ1n) is 9.62. The van der Waals surface area contributed by atoms with Crippen LogP contribution in [0, 0.1) is 20.8 Å². The number of aryl methyl sites for hydroxylation is 3. The molecule has 0 saturated heterocycles. The van der Waals surface area contributed by atoms with Crippen molar-refractivity contribution in [2.75, 3.05) is 0 Å². The van der Waals surface area contributed by atoms with Crippen LogP contribution in [0.5, 0.6) is 0 Å². The Morgan fingerprint density at radius 2 is 1.46 bits per heavy atom. The van der Waals surface area contributed by atoms with E-state index >= 15 is 0 Å². The molecule has 0 unspecified atom stereocenters. The van der Waals surface area contributed by atoms with Gasteiger partial charge in [-0.1, -0.05) is 51.5 Å². The molecule has 0 spiro atoms. The topological polar surface area (TPSA) is 3.88 Å². The molecule has 1 aliphatic rings. The zero-order chi connectivity index (χ0) is 19.0. The number of benzene rings is 2. The summed E-state index contributed by atoms with van der Waals surface area (Å²) >= 11 is 0. The summed E-state index contributed by atoms with van der Waals surface area (Å²) in [6, 6.07) is 13.9. The highest BCUT2D eigenvalue weighted by atomic mass is 14.9. The number of nitrogens with zero attached hydrogens (tertiary/aromatic N) is 1. The average Bonchev–Trinajstić information content (AvgIpc) is 2.72. The van der Waals surface area contributed by atoms with Crippen molar-refractivity contribution in [1.82, 2.24) is 0 Å². The summed E-state index contributed by atoms with van der Waals surface area (Å²) in [5.41, 5.74) is 11.3. The molecule has 0 saturated carbocycles. The van der Waals surface area contributed by atoms with Crippen molar-refractivity contribution in [3.63, 3.8) is 0 Å². The molecule has 0 radical (unpaired) electrons. The Morgan fingerprint density at radius 3 is 2.15 bits per heavy atom. The standard InChI is InChI=1S/C25H30N/c1-15-12-16(2)17(3)18(13-15)22-14-20-23-19(24(4,5)25(20,6)7)10-9-11-21(23)26(22)8/h9-14H,1-8H3/q+1. The molecule has 0 fully saturated rings. The van der Waals surface area contributed by atoms with Crippen molar-refractivity contribution in [3.8, 4) is 11.3 Å². The molecule has 1 heteroatoms. The van der Waals surface area contributed by atoms with E-state index in [1.54, 1.807) is 0 Å². The van der Waals surface area contributed by atoms with E-state index in [1.165, 1.54) is 50.0 Å². The lowest BCUT2D eigenvalue weighted by Crippen LogP contribution is -2.36. The normalized spacial score (nSPS) is 17.1. The van der Waals surface area contributed by atoms with E-state index in [0.717, 1.165) is 0 Å². The zero-order valence-corrected chi connectivity index (χ0v) is 17.4. The summed E-state index contributed by atoms with van der Waals surface area (Å²) in [6.07, 6.45) is 0. The SMILES string of the molecule is Cc1cc(C)c(C)c(-c2cc3c4c(cccc4[n+]2C)C(C)(C)C3(C)C)c1. The van der Waals surface area contributed by atoms with Crippen LogP contribution in [0.25, 0.3) is 22.2 Å². The fourth-order valence-electron chi connectivity index (χ4n) is 4.79. The molecular formula is C25H30N+. The van der Waals surface area contributed by atoms with E-state index in [1.807, 2.05) is 0 Å². The van der Waals surface area contributed by atoms with E-state index in [-0.39, 0.29) is 10.8 Å². The molecule has 0 amide bonds. The van der Waals surface area contributed by atoms with E-state index in [2.05, 4.69) is 96.5 Å². The third-order valence-electron chi connectivity index (χ3n) is 7.31. The average molecular weight is 345 g/mol. The van der Waals surface area contributed by atoms with E-state index < -0.39 is 0 Å². The van der Waals surface area contributed by atoms with Crippen LogP contribution in [-0.4, -0.2) is 0 Å². The molecule has 0 atom stereocenters. The number of rotatable bonds is 1. The van der Waals surface area contributed by atoms with E-state index in [0.29, 0.717) is 0 Å². The Balaban J connectivity index is 2.16. The van der Waals surface area contributed by atoms with E-state index in [9.17, 15) is 0 Å². The third kappa shape index (κ3) is 2.00. The fourth-order valence-corrected chi connectivity index (χ4v) is 4.79. The minimum Gasteiger partial charge on any atom is -0.194 e. The van der Waals surface area contributed by atoms with Crippen molar-refractivity contribution in [2.45, 2.75) is 59.3 Å². The van der Waals surface area contributed by atoms with Gasteiger partial charge in [-0.05, 0) is 59.9 Å². The molecule has 1 heterocycles. The van der Waals surface area contributed by atoms with Gasteiger partial charge in [-0.3, -0.25) is 0 Å². The van der Waals surface area contributed by atoms with Crippen LogP contribution in [0.3, 0.4) is 0 Å². The first-order chi connectivity index (χ1) is 12.1. The maximum absolute atomic E-state index is 2.46. The minimum absolute atomic E-state index is 0.102. The van der Waals surface area contributed by atoms with Crippen LogP contribution >= 0.6 is 0 Å². The maximum Gasteiger partial charge on any atom is 0.213 e. The van der Waals surface area contributed by atoms with Crippen molar-refractivity contribution < 1.29 is 4.57 Å². The lowest BCUT2D eigenvalue weighted by atomic mass is 9.66. The molecule has 3 aromatic rings. The van der Waals surface area contributed by atoms with Crippen LogP contribution < -0.4 is 4.57 Å². The predicted molar refractivity (Wildman–Crippen MR) is 111 cm³/mol. The smallest absolute Gasteiger partial charge is 0.194 e. The van der Waals surface area contributed by atoms with Crippen molar-refractivity contribution in [2.24, 2.45) is 7.05 Å². The number of hydrogen-bond acceptors (Lipinski definition) is 0. The summed E-state index contributed by atoms with van der Waals surface area (Å²) in [6.45, 7) is 16.3. The second-order valence-corrected chi connectivity index (χ2v) is 9.21. The van der Waals surface area contributed by atoms with Crippen LogP contribution in [0.2, 0.25) is 0 Å². The Labute approximate surface area is 157 Å². The molecule has 0 N–H and O–H groups in total. The van der Waals surface area contributed by atoms with Crippen LogP contribution in [0.4, 0.5) is 0 Å². The lowest BCUT2D eigenvalue weighted by molar-refractivity contribution is -0.633. The quantitative estimate of drug-likeness (QED) is 0.489.